The van der Waals surface area contributed by atoms with Gasteiger partial charge in [0.25, 0.3) is 0 Å². The van der Waals surface area contributed by atoms with Gasteiger partial charge < -0.3 is 5.11 Å². The first-order valence-electron chi connectivity index (χ1n) is 5.60. The number of carbonyl (C=O) groups is 1. The van der Waals surface area contributed by atoms with Crippen molar-refractivity contribution in [2.75, 3.05) is 0 Å². The van der Waals surface area contributed by atoms with Gasteiger partial charge in [0, 0.05) is 0 Å². The van der Waals surface area contributed by atoms with Gasteiger partial charge in [0.2, 0.25) is 0 Å². The summed E-state index contributed by atoms with van der Waals surface area (Å²) >= 11 is 0. The summed E-state index contributed by atoms with van der Waals surface area (Å²) in [4.78, 5) is 11.1. The van der Waals surface area contributed by atoms with E-state index >= 15 is 0 Å². The number of rotatable bonds is 2. The van der Waals surface area contributed by atoms with Crippen molar-refractivity contribution in [2.45, 2.75) is 13.8 Å². The van der Waals surface area contributed by atoms with E-state index in [0.29, 0.717) is 5.56 Å². The monoisotopic (exact) mass is 244 g/mol. The van der Waals surface area contributed by atoms with E-state index in [1.807, 2.05) is 13.0 Å². The Kier molecular flexibility index (Phi) is 3.15. The third kappa shape index (κ3) is 2.12. The van der Waals surface area contributed by atoms with Gasteiger partial charge in [0.15, 0.2) is 0 Å². The molecule has 1 N–H and O–H groups in total. The summed E-state index contributed by atoms with van der Waals surface area (Å²) in [5.74, 6) is -1.24. The van der Waals surface area contributed by atoms with Gasteiger partial charge in [0.1, 0.15) is 5.82 Å². The second-order valence-corrected chi connectivity index (χ2v) is 4.24. The van der Waals surface area contributed by atoms with Crippen molar-refractivity contribution < 1.29 is 14.3 Å². The first-order valence-corrected chi connectivity index (χ1v) is 5.60. The number of halogens is 1. The minimum Gasteiger partial charge on any atom is -0.478 e. The molecule has 0 radical (unpaired) electrons. The summed E-state index contributed by atoms with van der Waals surface area (Å²) < 4.78 is 13.1. The Morgan fingerprint density at radius 2 is 1.83 bits per heavy atom. The lowest BCUT2D eigenvalue weighted by molar-refractivity contribution is 0.0696. The van der Waals surface area contributed by atoms with Gasteiger partial charge in [0.05, 0.1) is 5.56 Å². The number of carboxylic acid groups (broad SMARTS) is 1. The molecular weight excluding hydrogens is 231 g/mol. The van der Waals surface area contributed by atoms with Gasteiger partial charge in [-0.2, -0.15) is 0 Å². The van der Waals surface area contributed by atoms with Crippen LogP contribution in [0.15, 0.2) is 36.4 Å². The van der Waals surface area contributed by atoms with E-state index in [-0.39, 0.29) is 11.4 Å². The highest BCUT2D eigenvalue weighted by molar-refractivity contribution is 5.92. The molecule has 0 atom stereocenters. The average molecular weight is 244 g/mol. The second kappa shape index (κ2) is 4.61. The van der Waals surface area contributed by atoms with Crippen molar-refractivity contribution in [3.05, 3.63) is 58.9 Å². The summed E-state index contributed by atoms with van der Waals surface area (Å²) in [6.45, 7) is 3.58. The molecule has 0 amide bonds. The molecule has 0 unspecified atom stereocenters. The molecule has 2 aromatic carbocycles. The fourth-order valence-electron chi connectivity index (χ4n) is 2.09. The Morgan fingerprint density at radius 3 is 2.44 bits per heavy atom. The van der Waals surface area contributed by atoms with Crippen LogP contribution in [0.4, 0.5) is 4.39 Å². The van der Waals surface area contributed by atoms with E-state index in [1.165, 1.54) is 12.1 Å². The molecule has 0 fully saturated rings. The van der Waals surface area contributed by atoms with Gasteiger partial charge in [-0.1, -0.05) is 18.2 Å². The first kappa shape index (κ1) is 12.3. The number of aromatic carboxylic acids is 1. The first-order chi connectivity index (χ1) is 8.50. The summed E-state index contributed by atoms with van der Waals surface area (Å²) in [5, 5.41) is 9.09. The van der Waals surface area contributed by atoms with E-state index in [1.54, 1.807) is 25.1 Å². The average Bonchev–Trinajstić information content (AvgIpc) is 2.30. The van der Waals surface area contributed by atoms with E-state index in [2.05, 4.69) is 0 Å². The predicted molar refractivity (Wildman–Crippen MR) is 68.3 cm³/mol. The molecule has 2 rings (SSSR count). The van der Waals surface area contributed by atoms with Crippen molar-refractivity contribution in [3.8, 4) is 11.1 Å². The van der Waals surface area contributed by atoms with Crippen LogP contribution in [0.1, 0.15) is 21.5 Å². The standard InChI is InChI=1S/C15H13FO2/c1-9-8-11(16)6-7-12(9)13-4-3-5-14(10(13)2)15(17)18/h3-8H,1-2H3,(H,17,18). The number of aryl methyl sites for hydroxylation is 1. The molecule has 0 spiro atoms. The quantitative estimate of drug-likeness (QED) is 0.872. The topological polar surface area (TPSA) is 37.3 Å². The lowest BCUT2D eigenvalue weighted by atomic mass is 9.93. The van der Waals surface area contributed by atoms with Crippen LogP contribution in [0.2, 0.25) is 0 Å². The Bertz CT molecular complexity index is 618. The normalized spacial score (nSPS) is 10.4. The molecule has 92 valence electrons. The van der Waals surface area contributed by atoms with Crippen LogP contribution in [0.3, 0.4) is 0 Å². The van der Waals surface area contributed by atoms with Crippen molar-refractivity contribution in [2.24, 2.45) is 0 Å². The van der Waals surface area contributed by atoms with Crippen molar-refractivity contribution in [3.63, 3.8) is 0 Å². The molecule has 0 saturated carbocycles. The van der Waals surface area contributed by atoms with Crippen LogP contribution in [-0.2, 0) is 0 Å². The van der Waals surface area contributed by atoms with Crippen molar-refractivity contribution in [1.29, 1.82) is 0 Å². The maximum absolute atomic E-state index is 13.1. The molecule has 0 aliphatic rings. The van der Waals surface area contributed by atoms with E-state index < -0.39 is 5.97 Å². The van der Waals surface area contributed by atoms with Crippen molar-refractivity contribution in [1.82, 2.24) is 0 Å². The molecule has 0 bridgehead atoms. The minimum absolute atomic E-state index is 0.274. The van der Waals surface area contributed by atoms with Crippen LogP contribution in [0, 0.1) is 19.7 Å². The predicted octanol–water partition coefficient (Wildman–Crippen LogP) is 3.81. The molecule has 2 nitrogen and oxygen atoms in total. The number of hydrogen-bond donors (Lipinski definition) is 1. The molecule has 2 aromatic rings. The van der Waals surface area contributed by atoms with E-state index in [4.69, 9.17) is 5.11 Å². The van der Waals surface area contributed by atoms with Gasteiger partial charge in [-0.25, -0.2) is 9.18 Å². The van der Waals surface area contributed by atoms with Gasteiger partial charge in [-0.3, -0.25) is 0 Å². The number of benzene rings is 2. The molecule has 0 heterocycles. The summed E-state index contributed by atoms with van der Waals surface area (Å²) in [7, 11) is 0. The zero-order valence-corrected chi connectivity index (χ0v) is 10.2. The summed E-state index contributed by atoms with van der Waals surface area (Å²) in [5.41, 5.74) is 3.45. The Labute approximate surface area is 105 Å². The van der Waals surface area contributed by atoms with E-state index in [9.17, 15) is 9.18 Å². The highest BCUT2D eigenvalue weighted by Crippen LogP contribution is 2.28. The maximum Gasteiger partial charge on any atom is 0.335 e. The zero-order valence-electron chi connectivity index (χ0n) is 10.2. The molecule has 0 aliphatic heterocycles. The number of carboxylic acids is 1. The smallest absolute Gasteiger partial charge is 0.335 e. The third-order valence-corrected chi connectivity index (χ3v) is 3.04. The molecule has 0 aliphatic carbocycles. The Morgan fingerprint density at radius 1 is 1.11 bits per heavy atom. The molecule has 0 aromatic heterocycles. The van der Waals surface area contributed by atoms with Gasteiger partial charge in [-0.05, 0) is 54.3 Å². The van der Waals surface area contributed by atoms with Gasteiger partial charge >= 0.3 is 5.97 Å². The van der Waals surface area contributed by atoms with Crippen molar-refractivity contribution >= 4 is 5.97 Å². The molecule has 0 saturated heterocycles. The highest BCUT2D eigenvalue weighted by Gasteiger charge is 2.12. The van der Waals surface area contributed by atoms with Crippen LogP contribution < -0.4 is 0 Å². The molecular formula is C15H13FO2. The number of hydrogen-bond acceptors (Lipinski definition) is 1. The van der Waals surface area contributed by atoms with Crippen LogP contribution in [0.25, 0.3) is 11.1 Å². The largest absolute Gasteiger partial charge is 0.478 e. The summed E-state index contributed by atoms with van der Waals surface area (Å²) in [6, 6.07) is 9.63. The lowest BCUT2D eigenvalue weighted by Gasteiger charge is -2.11. The van der Waals surface area contributed by atoms with Crippen LogP contribution in [0.5, 0.6) is 0 Å². The fourth-order valence-corrected chi connectivity index (χ4v) is 2.09. The van der Waals surface area contributed by atoms with E-state index in [0.717, 1.165) is 16.7 Å². The summed E-state index contributed by atoms with van der Waals surface area (Å²) in [6.07, 6.45) is 0. The zero-order chi connectivity index (χ0) is 13.3. The third-order valence-electron chi connectivity index (χ3n) is 3.04. The molecule has 3 heteroatoms. The van der Waals surface area contributed by atoms with Crippen LogP contribution in [-0.4, -0.2) is 11.1 Å². The maximum atomic E-state index is 13.1. The fraction of sp³-hybridized carbons (Fsp3) is 0.133. The Balaban J connectivity index is 2.64. The molecule has 18 heavy (non-hydrogen) atoms. The van der Waals surface area contributed by atoms with Gasteiger partial charge in [-0.15, -0.1) is 0 Å². The highest BCUT2D eigenvalue weighted by atomic mass is 19.1. The van der Waals surface area contributed by atoms with Crippen LogP contribution >= 0.6 is 0 Å². The second-order valence-electron chi connectivity index (χ2n) is 4.24. The SMILES string of the molecule is Cc1cc(F)ccc1-c1cccc(C(=O)O)c1C. The minimum atomic E-state index is -0.950. The Hall–Kier alpha value is -2.16. The lowest BCUT2D eigenvalue weighted by Crippen LogP contribution is -2.01.